The van der Waals surface area contributed by atoms with Crippen molar-refractivity contribution >= 4 is 33.2 Å². The number of ether oxygens (including phenoxy) is 2. The van der Waals surface area contributed by atoms with E-state index in [4.69, 9.17) is 32.7 Å². The summed E-state index contributed by atoms with van der Waals surface area (Å²) in [6.07, 6.45) is -0.419. The third-order valence-electron chi connectivity index (χ3n) is 3.61. The summed E-state index contributed by atoms with van der Waals surface area (Å²) in [6.45, 7) is 0.389. The number of fused-ring (bicyclic) bond motifs is 1. The second-order valence-electron chi connectivity index (χ2n) is 5.36. The molecule has 2 aromatic carbocycles. The van der Waals surface area contributed by atoms with E-state index in [0.29, 0.717) is 16.5 Å². The van der Waals surface area contributed by atoms with Gasteiger partial charge in [-0.3, -0.25) is 0 Å². The van der Waals surface area contributed by atoms with Crippen LogP contribution in [0.15, 0.2) is 47.4 Å². The highest BCUT2D eigenvalue weighted by Gasteiger charge is 2.29. The summed E-state index contributed by atoms with van der Waals surface area (Å²) in [5.41, 5.74) is 0. The van der Waals surface area contributed by atoms with E-state index in [0.717, 1.165) is 0 Å². The second kappa shape index (κ2) is 6.80. The molecule has 24 heavy (non-hydrogen) atoms. The van der Waals surface area contributed by atoms with Gasteiger partial charge in [-0.2, -0.15) is 4.31 Å². The normalized spacial score (nSPS) is 17.1. The van der Waals surface area contributed by atoms with E-state index in [-0.39, 0.29) is 23.1 Å². The molecule has 2 aromatic rings. The number of benzene rings is 2. The fourth-order valence-corrected chi connectivity index (χ4v) is 4.32. The van der Waals surface area contributed by atoms with Crippen molar-refractivity contribution in [3.05, 3.63) is 52.5 Å². The SMILES string of the molecule is CN(C[C@H]1COc2ccccc2O1)S(=O)(=O)c1cc(Cl)ccc1Cl. The monoisotopic (exact) mass is 387 g/mol. The summed E-state index contributed by atoms with van der Waals surface area (Å²) in [6, 6.07) is 11.6. The summed E-state index contributed by atoms with van der Waals surface area (Å²) >= 11 is 11.9. The highest BCUT2D eigenvalue weighted by Crippen LogP contribution is 2.32. The number of hydrogen-bond acceptors (Lipinski definition) is 4. The predicted octanol–water partition coefficient (Wildman–Crippen LogP) is 3.45. The van der Waals surface area contributed by atoms with E-state index >= 15 is 0 Å². The number of hydrogen-bond donors (Lipinski definition) is 0. The van der Waals surface area contributed by atoms with Crippen LogP contribution in [0.2, 0.25) is 10.0 Å². The van der Waals surface area contributed by atoms with Gasteiger partial charge in [0.25, 0.3) is 0 Å². The van der Waals surface area contributed by atoms with Crippen LogP contribution < -0.4 is 9.47 Å². The van der Waals surface area contributed by atoms with Crippen molar-refractivity contribution in [2.75, 3.05) is 20.2 Å². The van der Waals surface area contributed by atoms with E-state index in [9.17, 15) is 8.42 Å². The van der Waals surface area contributed by atoms with Crippen LogP contribution in [0.3, 0.4) is 0 Å². The molecule has 8 heteroatoms. The van der Waals surface area contributed by atoms with Crippen molar-refractivity contribution < 1.29 is 17.9 Å². The van der Waals surface area contributed by atoms with Gasteiger partial charge in [0.05, 0.1) is 11.6 Å². The van der Waals surface area contributed by atoms with Crippen LogP contribution in [0, 0.1) is 0 Å². The molecule has 1 aliphatic heterocycles. The number of rotatable bonds is 4. The molecule has 0 unspecified atom stereocenters. The minimum absolute atomic E-state index is 0.0312. The molecule has 0 aromatic heterocycles. The third kappa shape index (κ3) is 3.47. The summed E-state index contributed by atoms with van der Waals surface area (Å²) in [7, 11) is -2.32. The van der Waals surface area contributed by atoms with Gasteiger partial charge in [-0.25, -0.2) is 8.42 Å². The van der Waals surface area contributed by atoms with Crippen LogP contribution in [-0.4, -0.2) is 39.0 Å². The highest BCUT2D eigenvalue weighted by atomic mass is 35.5. The van der Waals surface area contributed by atoms with Crippen molar-refractivity contribution in [2.24, 2.45) is 0 Å². The minimum Gasteiger partial charge on any atom is -0.486 e. The Morgan fingerprint density at radius 1 is 1.17 bits per heavy atom. The zero-order valence-electron chi connectivity index (χ0n) is 12.8. The first-order valence-corrected chi connectivity index (χ1v) is 9.37. The molecule has 128 valence electrons. The van der Waals surface area contributed by atoms with E-state index in [1.165, 1.54) is 29.6 Å². The quantitative estimate of drug-likeness (QED) is 0.805. The molecule has 0 radical (unpaired) electrons. The Morgan fingerprint density at radius 2 is 1.88 bits per heavy atom. The molecule has 5 nitrogen and oxygen atoms in total. The highest BCUT2D eigenvalue weighted by molar-refractivity contribution is 7.89. The van der Waals surface area contributed by atoms with Gasteiger partial charge < -0.3 is 9.47 Å². The number of sulfonamides is 1. The fourth-order valence-electron chi connectivity index (χ4n) is 2.38. The molecule has 0 saturated heterocycles. The lowest BCUT2D eigenvalue weighted by Crippen LogP contribution is -2.41. The van der Waals surface area contributed by atoms with E-state index < -0.39 is 16.1 Å². The van der Waals surface area contributed by atoms with Gasteiger partial charge in [-0.1, -0.05) is 35.3 Å². The average Bonchev–Trinajstić information content (AvgIpc) is 2.56. The lowest BCUT2D eigenvalue weighted by Gasteiger charge is -2.29. The summed E-state index contributed by atoms with van der Waals surface area (Å²) in [4.78, 5) is -0.0312. The predicted molar refractivity (Wildman–Crippen MR) is 92.6 cm³/mol. The maximum Gasteiger partial charge on any atom is 0.244 e. The van der Waals surface area contributed by atoms with Gasteiger partial charge in [0.1, 0.15) is 17.6 Å². The molecule has 1 heterocycles. The van der Waals surface area contributed by atoms with Crippen molar-refractivity contribution in [1.82, 2.24) is 4.31 Å². The average molecular weight is 388 g/mol. The smallest absolute Gasteiger partial charge is 0.244 e. The standard InChI is InChI=1S/C16H15Cl2NO4S/c1-19(24(20,21)16-8-11(17)6-7-13(16)18)9-12-10-22-14-4-2-3-5-15(14)23-12/h2-8,12H,9-10H2,1H3/t12-/m0/s1. The molecule has 0 bridgehead atoms. The number of nitrogens with zero attached hydrogens (tertiary/aromatic N) is 1. The van der Waals surface area contributed by atoms with E-state index in [1.54, 1.807) is 12.1 Å². The Bertz CT molecular complexity index is 857. The number of likely N-dealkylation sites (N-methyl/N-ethyl adjacent to an activating group) is 1. The maximum atomic E-state index is 12.7. The van der Waals surface area contributed by atoms with Crippen molar-refractivity contribution in [3.63, 3.8) is 0 Å². The molecule has 1 atom stereocenters. The Hall–Kier alpha value is -1.47. The minimum atomic E-state index is -3.79. The summed E-state index contributed by atoms with van der Waals surface area (Å²) in [5.74, 6) is 1.25. The van der Waals surface area contributed by atoms with Crippen molar-refractivity contribution in [3.8, 4) is 11.5 Å². The van der Waals surface area contributed by atoms with Gasteiger partial charge in [0.15, 0.2) is 11.5 Å². The molecule has 0 spiro atoms. The zero-order valence-corrected chi connectivity index (χ0v) is 15.1. The molecular formula is C16H15Cl2NO4S. The first kappa shape index (κ1) is 17.4. The summed E-state index contributed by atoms with van der Waals surface area (Å²) in [5, 5.41) is 0.426. The lowest BCUT2D eigenvalue weighted by atomic mass is 10.2. The van der Waals surface area contributed by atoms with Gasteiger partial charge in [-0.15, -0.1) is 0 Å². The largest absolute Gasteiger partial charge is 0.486 e. The first-order valence-electron chi connectivity index (χ1n) is 7.18. The number of halogens is 2. The molecule has 1 aliphatic rings. The van der Waals surface area contributed by atoms with Crippen molar-refractivity contribution in [2.45, 2.75) is 11.0 Å². The molecule has 0 saturated carbocycles. The van der Waals surface area contributed by atoms with Crippen LogP contribution in [0.5, 0.6) is 11.5 Å². The molecular weight excluding hydrogens is 373 g/mol. The first-order chi connectivity index (χ1) is 11.4. The van der Waals surface area contributed by atoms with Crippen molar-refractivity contribution in [1.29, 1.82) is 0 Å². The molecule has 0 aliphatic carbocycles. The molecule has 0 amide bonds. The van der Waals surface area contributed by atoms with Crippen LogP contribution in [0.4, 0.5) is 0 Å². The Labute approximate surface area is 150 Å². The van der Waals surface area contributed by atoms with Crippen LogP contribution in [0.1, 0.15) is 0 Å². The van der Waals surface area contributed by atoms with Gasteiger partial charge >= 0.3 is 0 Å². The second-order valence-corrected chi connectivity index (χ2v) is 8.21. The molecule has 0 fully saturated rings. The van der Waals surface area contributed by atoms with Crippen LogP contribution in [0.25, 0.3) is 0 Å². The van der Waals surface area contributed by atoms with E-state index in [2.05, 4.69) is 0 Å². The molecule has 0 N–H and O–H groups in total. The zero-order chi connectivity index (χ0) is 17.3. The van der Waals surface area contributed by atoms with Gasteiger partial charge in [0, 0.05) is 12.1 Å². The van der Waals surface area contributed by atoms with Gasteiger partial charge in [-0.05, 0) is 30.3 Å². The fraction of sp³-hybridized carbons (Fsp3) is 0.250. The Kier molecular flexibility index (Phi) is 4.92. The Morgan fingerprint density at radius 3 is 2.62 bits per heavy atom. The number of para-hydroxylation sites is 2. The van der Waals surface area contributed by atoms with E-state index in [1.807, 2.05) is 12.1 Å². The van der Waals surface area contributed by atoms with Crippen LogP contribution >= 0.6 is 23.2 Å². The summed E-state index contributed by atoms with van der Waals surface area (Å²) < 4.78 is 38.0. The topological polar surface area (TPSA) is 55.8 Å². The van der Waals surface area contributed by atoms with Gasteiger partial charge in [0.2, 0.25) is 10.0 Å². The Balaban J connectivity index is 1.77. The lowest BCUT2D eigenvalue weighted by molar-refractivity contribution is 0.0798. The third-order valence-corrected chi connectivity index (χ3v) is 6.15. The maximum absolute atomic E-state index is 12.7. The van der Waals surface area contributed by atoms with Crippen LogP contribution in [-0.2, 0) is 10.0 Å². The molecule has 3 rings (SSSR count).